The van der Waals surface area contributed by atoms with E-state index < -0.39 is 12.0 Å². The van der Waals surface area contributed by atoms with E-state index in [1.54, 1.807) is 54.6 Å². The molecule has 0 aliphatic rings. The minimum absolute atomic E-state index is 0.0467. The van der Waals surface area contributed by atoms with E-state index in [1.165, 1.54) is 0 Å². The quantitative estimate of drug-likeness (QED) is 0.723. The van der Waals surface area contributed by atoms with Crippen molar-refractivity contribution in [2.45, 2.75) is 32.4 Å². The van der Waals surface area contributed by atoms with Crippen molar-refractivity contribution < 1.29 is 19.1 Å². The number of ether oxygens (including phenoxy) is 2. The molecular formula is C21H22N2O4. The highest BCUT2D eigenvalue weighted by Crippen LogP contribution is 2.22. The summed E-state index contributed by atoms with van der Waals surface area (Å²) in [5, 5.41) is 11.4. The molecule has 0 fully saturated rings. The van der Waals surface area contributed by atoms with Crippen LogP contribution < -0.4 is 10.1 Å². The van der Waals surface area contributed by atoms with Crippen LogP contribution in [0.5, 0.6) is 5.75 Å². The lowest BCUT2D eigenvalue weighted by molar-refractivity contribution is -0.142. The van der Waals surface area contributed by atoms with Crippen LogP contribution in [0.2, 0.25) is 0 Å². The van der Waals surface area contributed by atoms with Crippen molar-refractivity contribution in [2.24, 2.45) is 0 Å². The smallest absolute Gasteiger partial charge is 0.309 e. The van der Waals surface area contributed by atoms with Crippen molar-refractivity contribution in [3.05, 3.63) is 65.7 Å². The second-order valence-corrected chi connectivity index (χ2v) is 6.15. The molecule has 6 nitrogen and oxygen atoms in total. The number of hydrogen-bond donors (Lipinski definition) is 1. The highest BCUT2D eigenvalue weighted by molar-refractivity contribution is 5.94. The summed E-state index contributed by atoms with van der Waals surface area (Å²) in [6.45, 7) is 3.54. The Morgan fingerprint density at radius 3 is 2.33 bits per heavy atom. The van der Waals surface area contributed by atoms with Gasteiger partial charge in [-0.15, -0.1) is 0 Å². The molecule has 2 aromatic rings. The van der Waals surface area contributed by atoms with Crippen LogP contribution in [-0.2, 0) is 9.53 Å². The Morgan fingerprint density at radius 1 is 1.07 bits per heavy atom. The first-order valence-electron chi connectivity index (χ1n) is 8.64. The van der Waals surface area contributed by atoms with E-state index in [0.29, 0.717) is 11.3 Å². The molecule has 1 amide bonds. The molecule has 0 spiro atoms. The number of hydrogen-bond acceptors (Lipinski definition) is 5. The number of rotatable bonds is 8. The molecule has 2 rings (SSSR count). The molecule has 140 valence electrons. The maximum Gasteiger partial charge on any atom is 0.309 e. The summed E-state index contributed by atoms with van der Waals surface area (Å²) in [6, 6.07) is 17.1. The van der Waals surface area contributed by atoms with E-state index in [4.69, 9.17) is 14.7 Å². The fourth-order valence-electron chi connectivity index (χ4n) is 2.47. The summed E-state index contributed by atoms with van der Waals surface area (Å²) in [7, 11) is 0. The zero-order valence-electron chi connectivity index (χ0n) is 15.3. The molecule has 1 atom stereocenters. The molecule has 1 N–H and O–H groups in total. The third kappa shape index (κ3) is 6.48. The van der Waals surface area contributed by atoms with Crippen LogP contribution in [-0.4, -0.2) is 24.6 Å². The summed E-state index contributed by atoms with van der Waals surface area (Å²) in [4.78, 5) is 24.5. The molecule has 0 radical (unpaired) electrons. The Kier molecular flexibility index (Phi) is 7.38. The van der Waals surface area contributed by atoms with Gasteiger partial charge in [0.05, 0.1) is 18.6 Å². The van der Waals surface area contributed by atoms with Gasteiger partial charge in [0.25, 0.3) is 5.91 Å². The van der Waals surface area contributed by atoms with Gasteiger partial charge in [-0.05, 0) is 43.7 Å². The van der Waals surface area contributed by atoms with Crippen LogP contribution in [0.4, 0.5) is 0 Å². The third-order valence-corrected chi connectivity index (χ3v) is 3.66. The van der Waals surface area contributed by atoms with Gasteiger partial charge in [-0.2, -0.15) is 5.26 Å². The fourth-order valence-corrected chi connectivity index (χ4v) is 2.47. The number of carbonyl (C=O) groups is 2. The molecule has 1 unspecified atom stereocenters. The molecule has 0 aliphatic heterocycles. The lowest BCUT2D eigenvalue weighted by atomic mass is 10.0. The minimum atomic E-state index is -0.586. The molecule has 2 aromatic carbocycles. The third-order valence-electron chi connectivity index (χ3n) is 3.66. The van der Waals surface area contributed by atoms with Crippen molar-refractivity contribution in [2.75, 3.05) is 6.61 Å². The van der Waals surface area contributed by atoms with Gasteiger partial charge < -0.3 is 14.8 Å². The number of amides is 1. The van der Waals surface area contributed by atoms with E-state index in [9.17, 15) is 9.59 Å². The van der Waals surface area contributed by atoms with Crippen LogP contribution >= 0.6 is 0 Å². The van der Waals surface area contributed by atoms with Crippen LogP contribution in [0.15, 0.2) is 54.6 Å². The predicted octanol–water partition coefficient (Wildman–Crippen LogP) is 3.40. The Bertz CT molecular complexity index is 795. The van der Waals surface area contributed by atoms with E-state index in [2.05, 4.69) is 5.32 Å². The van der Waals surface area contributed by atoms with E-state index in [-0.39, 0.29) is 25.0 Å². The molecule has 0 heterocycles. The topological polar surface area (TPSA) is 88.4 Å². The molecule has 0 aromatic heterocycles. The number of nitrogens with zero attached hydrogens (tertiary/aromatic N) is 1. The zero-order chi connectivity index (χ0) is 19.6. The molecule has 27 heavy (non-hydrogen) atoms. The minimum Gasteiger partial charge on any atom is -0.491 e. The van der Waals surface area contributed by atoms with Gasteiger partial charge >= 0.3 is 5.97 Å². The van der Waals surface area contributed by atoms with Crippen molar-refractivity contribution in [1.82, 2.24) is 5.32 Å². The average molecular weight is 366 g/mol. The summed E-state index contributed by atoms with van der Waals surface area (Å²) in [5.74, 6) is -0.150. The number of nitrogens with one attached hydrogen (secondary N) is 1. The second-order valence-electron chi connectivity index (χ2n) is 6.15. The summed E-state index contributed by atoms with van der Waals surface area (Å²) in [5.41, 5.74) is 1.23. The Labute approximate surface area is 158 Å². The van der Waals surface area contributed by atoms with Gasteiger partial charge in [0.2, 0.25) is 0 Å². The maximum absolute atomic E-state index is 12.5. The Balaban J connectivity index is 2.17. The number of carbonyl (C=O) groups excluding carboxylic acids is 2. The van der Waals surface area contributed by atoms with Crippen LogP contribution in [0.25, 0.3) is 0 Å². The van der Waals surface area contributed by atoms with Gasteiger partial charge in [-0.3, -0.25) is 9.59 Å². The van der Waals surface area contributed by atoms with Gasteiger partial charge in [0, 0.05) is 5.56 Å². The first-order valence-corrected chi connectivity index (χ1v) is 8.64. The van der Waals surface area contributed by atoms with Gasteiger partial charge in [-0.1, -0.05) is 30.3 Å². The Hall–Kier alpha value is -3.33. The molecule has 6 heteroatoms. The summed E-state index contributed by atoms with van der Waals surface area (Å²) < 4.78 is 10.4. The maximum atomic E-state index is 12.5. The molecule has 0 saturated carbocycles. The lowest BCUT2D eigenvalue weighted by Crippen LogP contribution is -2.30. The molecule has 0 bridgehead atoms. The standard InChI is InChI=1S/C21H22N2O4/c1-15(2)27-18-10-8-16(9-11-18)19(14-20(24)26-13-12-22)23-21(25)17-6-4-3-5-7-17/h3-11,15,19H,13-14H2,1-2H3,(H,23,25). The van der Waals surface area contributed by atoms with E-state index in [1.807, 2.05) is 19.9 Å². The molecular weight excluding hydrogens is 344 g/mol. The monoisotopic (exact) mass is 366 g/mol. The Morgan fingerprint density at radius 2 is 1.74 bits per heavy atom. The predicted molar refractivity (Wildman–Crippen MR) is 100 cm³/mol. The molecule has 0 aliphatic carbocycles. The SMILES string of the molecule is CC(C)Oc1ccc(C(CC(=O)OCC#N)NC(=O)c2ccccc2)cc1. The van der Waals surface area contributed by atoms with Gasteiger partial charge in [0.15, 0.2) is 6.61 Å². The first kappa shape index (κ1) is 20.0. The van der Waals surface area contributed by atoms with E-state index >= 15 is 0 Å². The highest BCUT2D eigenvalue weighted by Gasteiger charge is 2.20. The summed E-state index contributed by atoms with van der Waals surface area (Å²) >= 11 is 0. The number of benzene rings is 2. The fraction of sp³-hybridized carbons (Fsp3) is 0.286. The van der Waals surface area contributed by atoms with Crippen molar-refractivity contribution in [1.29, 1.82) is 5.26 Å². The van der Waals surface area contributed by atoms with Gasteiger partial charge in [-0.25, -0.2) is 0 Å². The normalized spacial score (nSPS) is 11.3. The number of esters is 1. The largest absolute Gasteiger partial charge is 0.491 e. The zero-order valence-corrected chi connectivity index (χ0v) is 15.3. The van der Waals surface area contributed by atoms with E-state index in [0.717, 1.165) is 5.56 Å². The van der Waals surface area contributed by atoms with Crippen LogP contribution in [0.1, 0.15) is 42.2 Å². The highest BCUT2D eigenvalue weighted by atomic mass is 16.5. The molecule has 0 saturated heterocycles. The second kappa shape index (κ2) is 9.97. The van der Waals surface area contributed by atoms with Crippen LogP contribution in [0.3, 0.4) is 0 Å². The average Bonchev–Trinajstić information content (AvgIpc) is 2.66. The summed E-state index contributed by atoms with van der Waals surface area (Å²) in [6.07, 6.45) is -0.0321. The van der Waals surface area contributed by atoms with Crippen molar-refractivity contribution in [3.8, 4) is 11.8 Å². The van der Waals surface area contributed by atoms with Crippen molar-refractivity contribution >= 4 is 11.9 Å². The first-order chi connectivity index (χ1) is 13.0. The van der Waals surface area contributed by atoms with Gasteiger partial charge in [0.1, 0.15) is 11.8 Å². The van der Waals surface area contributed by atoms with Crippen molar-refractivity contribution in [3.63, 3.8) is 0 Å². The number of nitriles is 1. The lowest BCUT2D eigenvalue weighted by Gasteiger charge is -2.19. The van der Waals surface area contributed by atoms with Crippen LogP contribution in [0, 0.1) is 11.3 Å².